The van der Waals surface area contributed by atoms with Gasteiger partial charge in [0.2, 0.25) is 11.1 Å². The summed E-state index contributed by atoms with van der Waals surface area (Å²) in [6, 6.07) is 23.0. The quantitative estimate of drug-likeness (QED) is 0.363. The number of Topliss-reactive ketones (excluding diaryl/α,β-unsaturated/α-hetero) is 1. The Labute approximate surface area is 209 Å². The predicted octanol–water partition coefficient (Wildman–Crippen LogP) is 5.81. The highest BCUT2D eigenvalue weighted by Gasteiger charge is 2.36. The van der Waals surface area contributed by atoms with E-state index < -0.39 is 0 Å². The second-order valence-electron chi connectivity index (χ2n) is 9.27. The molecule has 1 N–H and O–H groups in total. The van der Waals surface area contributed by atoms with Crippen LogP contribution in [0.3, 0.4) is 0 Å². The van der Waals surface area contributed by atoms with E-state index in [1.54, 1.807) is 11.8 Å². The number of allylic oxidation sites excluding steroid dienone is 2. The van der Waals surface area contributed by atoms with Crippen molar-refractivity contribution in [2.24, 2.45) is 0 Å². The second-order valence-corrected chi connectivity index (χ2v) is 10.2. The zero-order chi connectivity index (χ0) is 23.9. The molecule has 3 aromatic carbocycles. The molecule has 0 spiro atoms. The van der Waals surface area contributed by atoms with Gasteiger partial charge in [-0.15, -0.1) is 5.10 Å². The van der Waals surface area contributed by atoms with E-state index >= 15 is 0 Å². The summed E-state index contributed by atoms with van der Waals surface area (Å²) in [6.45, 7) is 0. The molecule has 1 atom stereocenters. The summed E-state index contributed by atoms with van der Waals surface area (Å²) >= 11 is 1.63. The first-order valence-corrected chi connectivity index (χ1v) is 12.9. The number of thioether (sulfide) groups is 1. The van der Waals surface area contributed by atoms with Crippen LogP contribution in [0.4, 0.5) is 11.6 Å². The van der Waals surface area contributed by atoms with E-state index in [-0.39, 0.29) is 11.8 Å². The molecule has 0 fully saturated rings. The van der Waals surface area contributed by atoms with E-state index in [0.717, 1.165) is 41.1 Å². The zero-order valence-electron chi connectivity index (χ0n) is 19.9. The van der Waals surface area contributed by atoms with Gasteiger partial charge in [0.25, 0.3) is 0 Å². The van der Waals surface area contributed by atoms with Gasteiger partial charge in [-0.3, -0.25) is 4.79 Å². The number of nitrogens with zero attached hydrogens (tertiary/aromatic N) is 4. The molecule has 0 saturated carbocycles. The lowest BCUT2D eigenvalue weighted by Crippen LogP contribution is -2.31. The Kier molecular flexibility index (Phi) is 5.57. The minimum Gasteiger partial charge on any atom is -0.378 e. The van der Waals surface area contributed by atoms with Gasteiger partial charge in [-0.05, 0) is 46.9 Å². The first kappa shape index (κ1) is 21.9. The van der Waals surface area contributed by atoms with Crippen LogP contribution in [0.2, 0.25) is 0 Å². The van der Waals surface area contributed by atoms with Crippen molar-refractivity contribution in [1.29, 1.82) is 0 Å². The number of nitrogens with one attached hydrogen (secondary N) is 1. The Morgan fingerprint density at radius 3 is 2.66 bits per heavy atom. The molecule has 0 saturated heterocycles. The van der Waals surface area contributed by atoms with Crippen LogP contribution < -0.4 is 10.2 Å². The third kappa shape index (κ3) is 4.00. The number of benzene rings is 3. The maximum absolute atomic E-state index is 13.1. The minimum atomic E-state index is -0.260. The van der Waals surface area contributed by atoms with E-state index in [0.29, 0.717) is 17.5 Å². The number of carbonyl (C=O) groups is 1. The lowest BCUT2D eigenvalue weighted by Gasteiger charge is -2.32. The van der Waals surface area contributed by atoms with Crippen LogP contribution >= 0.6 is 11.8 Å². The van der Waals surface area contributed by atoms with Crippen molar-refractivity contribution in [1.82, 2.24) is 14.8 Å². The number of carbonyl (C=O) groups excluding carboxylic acids is 1. The number of anilines is 2. The maximum atomic E-state index is 13.1. The summed E-state index contributed by atoms with van der Waals surface area (Å²) in [7, 11) is 4.06. The number of hydrogen-bond acceptors (Lipinski definition) is 6. The molecule has 176 valence electrons. The van der Waals surface area contributed by atoms with Crippen LogP contribution in [0.1, 0.15) is 36.4 Å². The van der Waals surface area contributed by atoms with Crippen LogP contribution in [0.15, 0.2) is 83.2 Å². The molecule has 6 nitrogen and oxygen atoms in total. The van der Waals surface area contributed by atoms with Gasteiger partial charge in [0.1, 0.15) is 6.04 Å². The summed E-state index contributed by atoms with van der Waals surface area (Å²) in [6.07, 6.45) is 2.31. The maximum Gasteiger partial charge on any atom is 0.227 e. The first-order chi connectivity index (χ1) is 17.1. The molecule has 7 heteroatoms. The second kappa shape index (κ2) is 8.89. The average molecular weight is 482 g/mol. The monoisotopic (exact) mass is 481 g/mol. The number of fused-ring (bicyclic) bond motifs is 2. The molecule has 0 bridgehead atoms. The zero-order valence-corrected chi connectivity index (χ0v) is 20.7. The molecule has 0 radical (unpaired) electrons. The summed E-state index contributed by atoms with van der Waals surface area (Å²) in [5.74, 6) is 1.69. The van der Waals surface area contributed by atoms with Gasteiger partial charge in [-0.1, -0.05) is 66.4 Å². The molecule has 1 aliphatic heterocycles. The highest BCUT2D eigenvalue weighted by molar-refractivity contribution is 7.98. The van der Waals surface area contributed by atoms with Gasteiger partial charge in [0.05, 0.1) is 0 Å². The summed E-state index contributed by atoms with van der Waals surface area (Å²) in [5.41, 5.74) is 5.26. The Morgan fingerprint density at radius 2 is 1.83 bits per heavy atom. The molecule has 2 aliphatic rings. The van der Waals surface area contributed by atoms with Crippen molar-refractivity contribution in [3.05, 3.63) is 89.1 Å². The SMILES string of the molecule is CN(C)c1ccc(C2C3=C(CCCC3=O)Nc3nc(SCc4cccc5ccccc45)nn32)cc1. The Morgan fingerprint density at radius 1 is 1.03 bits per heavy atom. The van der Waals surface area contributed by atoms with E-state index in [1.807, 2.05) is 18.8 Å². The van der Waals surface area contributed by atoms with E-state index in [4.69, 9.17) is 10.1 Å². The normalized spacial score (nSPS) is 17.2. The Bertz CT molecular complexity index is 1450. The standard InChI is InChI=1S/C28H27N5OS/c1-32(2)21-15-13-19(14-16-21)26-25-23(11-6-12-24(25)34)29-27-30-28(31-33(26)27)35-17-20-9-5-8-18-7-3-4-10-22(18)20/h3-5,7-10,13-16,26H,6,11-12,17H2,1-2H3,(H,29,30,31). The fourth-order valence-corrected chi connectivity index (χ4v) is 5.85. The number of rotatable bonds is 5. The molecule has 1 aromatic heterocycles. The molecule has 6 rings (SSSR count). The fraction of sp³-hybridized carbons (Fsp3) is 0.250. The van der Waals surface area contributed by atoms with Crippen molar-refractivity contribution in [2.75, 3.05) is 24.3 Å². The molecule has 0 amide bonds. The average Bonchev–Trinajstić information content (AvgIpc) is 3.29. The van der Waals surface area contributed by atoms with Crippen LogP contribution in [-0.4, -0.2) is 34.6 Å². The van der Waals surface area contributed by atoms with Gasteiger partial charge in [-0.25, -0.2) is 4.68 Å². The summed E-state index contributed by atoms with van der Waals surface area (Å²) in [5, 5.41) is 11.5. The first-order valence-electron chi connectivity index (χ1n) is 11.9. The van der Waals surface area contributed by atoms with E-state index in [2.05, 4.69) is 76.9 Å². The number of aromatic nitrogens is 3. The summed E-state index contributed by atoms with van der Waals surface area (Å²) < 4.78 is 1.90. The van der Waals surface area contributed by atoms with E-state index in [1.165, 1.54) is 16.3 Å². The van der Waals surface area contributed by atoms with Crippen molar-refractivity contribution in [2.45, 2.75) is 36.2 Å². The topological polar surface area (TPSA) is 63.1 Å². The van der Waals surface area contributed by atoms with Crippen LogP contribution in [0.25, 0.3) is 10.8 Å². The fourth-order valence-electron chi connectivity index (χ4n) is 5.02. The van der Waals surface area contributed by atoms with Crippen molar-refractivity contribution in [3.8, 4) is 0 Å². The lowest BCUT2D eigenvalue weighted by atomic mass is 9.85. The highest BCUT2D eigenvalue weighted by Crippen LogP contribution is 2.41. The van der Waals surface area contributed by atoms with Gasteiger partial charge in [0.15, 0.2) is 5.78 Å². The van der Waals surface area contributed by atoms with Crippen LogP contribution in [0, 0.1) is 0 Å². The van der Waals surface area contributed by atoms with Gasteiger partial charge in [0, 0.05) is 43.2 Å². The van der Waals surface area contributed by atoms with Crippen molar-refractivity contribution >= 4 is 40.0 Å². The number of hydrogen-bond donors (Lipinski definition) is 1. The molecule has 1 aliphatic carbocycles. The van der Waals surface area contributed by atoms with Crippen LogP contribution in [-0.2, 0) is 10.5 Å². The molecule has 4 aromatic rings. The predicted molar refractivity (Wildman–Crippen MR) is 142 cm³/mol. The van der Waals surface area contributed by atoms with Crippen molar-refractivity contribution < 1.29 is 4.79 Å². The lowest BCUT2D eigenvalue weighted by molar-refractivity contribution is -0.116. The third-order valence-electron chi connectivity index (χ3n) is 6.81. The van der Waals surface area contributed by atoms with Gasteiger partial charge < -0.3 is 10.2 Å². The summed E-state index contributed by atoms with van der Waals surface area (Å²) in [4.78, 5) is 20.0. The minimum absolute atomic E-state index is 0.201. The molecular formula is C28H27N5OS. The van der Waals surface area contributed by atoms with Crippen LogP contribution in [0.5, 0.6) is 0 Å². The molecule has 1 unspecified atom stereocenters. The van der Waals surface area contributed by atoms with Gasteiger partial charge in [-0.2, -0.15) is 4.98 Å². The molecular weight excluding hydrogens is 454 g/mol. The van der Waals surface area contributed by atoms with E-state index in [9.17, 15) is 4.79 Å². The van der Waals surface area contributed by atoms with Crippen molar-refractivity contribution in [3.63, 3.8) is 0 Å². The van der Waals surface area contributed by atoms with Gasteiger partial charge >= 0.3 is 0 Å². The molecule has 35 heavy (non-hydrogen) atoms. The Balaban J connectivity index is 1.35. The smallest absolute Gasteiger partial charge is 0.227 e. The molecule has 2 heterocycles. The Hall–Kier alpha value is -3.58. The third-order valence-corrected chi connectivity index (χ3v) is 7.70. The number of ketones is 1. The largest absolute Gasteiger partial charge is 0.378 e. The highest BCUT2D eigenvalue weighted by atomic mass is 32.2.